The summed E-state index contributed by atoms with van der Waals surface area (Å²) in [6.07, 6.45) is 2.81. The van der Waals surface area contributed by atoms with Crippen LogP contribution < -0.4 is 16.4 Å². The lowest BCUT2D eigenvalue weighted by atomic mass is 9.96. The SMILES string of the molecule is CC(C)CC(NC(N)=O)C(=O)NCC1CCCC1C(=O)O. The molecule has 0 aliphatic heterocycles. The van der Waals surface area contributed by atoms with Gasteiger partial charge in [-0.2, -0.15) is 0 Å². The van der Waals surface area contributed by atoms with E-state index in [2.05, 4.69) is 10.6 Å². The van der Waals surface area contributed by atoms with Gasteiger partial charge < -0.3 is 21.5 Å². The second-order valence-corrected chi connectivity index (χ2v) is 6.07. The van der Waals surface area contributed by atoms with Crippen LogP contribution in [0.4, 0.5) is 4.79 Å². The number of nitrogens with two attached hydrogens (primary N) is 1. The van der Waals surface area contributed by atoms with E-state index in [0.717, 1.165) is 12.8 Å². The summed E-state index contributed by atoms with van der Waals surface area (Å²) in [5.41, 5.74) is 5.08. The lowest BCUT2D eigenvalue weighted by molar-refractivity contribution is -0.143. The summed E-state index contributed by atoms with van der Waals surface area (Å²) in [6, 6.07) is -1.41. The summed E-state index contributed by atoms with van der Waals surface area (Å²) >= 11 is 0. The zero-order valence-electron chi connectivity index (χ0n) is 12.6. The number of carboxylic acids is 1. The Hall–Kier alpha value is -1.79. The molecule has 1 aliphatic carbocycles. The second-order valence-electron chi connectivity index (χ2n) is 6.07. The highest BCUT2D eigenvalue weighted by Gasteiger charge is 2.33. The van der Waals surface area contributed by atoms with Gasteiger partial charge in [-0.1, -0.05) is 20.3 Å². The van der Waals surface area contributed by atoms with Gasteiger partial charge in [0, 0.05) is 6.54 Å². The van der Waals surface area contributed by atoms with Crippen LogP contribution in [-0.4, -0.2) is 35.6 Å². The molecule has 0 aromatic carbocycles. The Balaban J connectivity index is 2.52. The van der Waals surface area contributed by atoms with E-state index in [1.807, 2.05) is 13.8 Å². The van der Waals surface area contributed by atoms with Crippen molar-refractivity contribution in [3.63, 3.8) is 0 Å². The van der Waals surface area contributed by atoms with E-state index in [1.54, 1.807) is 0 Å². The largest absolute Gasteiger partial charge is 0.481 e. The van der Waals surface area contributed by atoms with E-state index < -0.39 is 24.0 Å². The van der Waals surface area contributed by atoms with Crippen LogP contribution in [-0.2, 0) is 9.59 Å². The Labute approximate surface area is 124 Å². The Morgan fingerprint density at radius 3 is 2.48 bits per heavy atom. The van der Waals surface area contributed by atoms with Crippen molar-refractivity contribution in [2.75, 3.05) is 6.54 Å². The van der Waals surface area contributed by atoms with Crippen LogP contribution in [0.3, 0.4) is 0 Å². The van der Waals surface area contributed by atoms with Crippen LogP contribution in [0, 0.1) is 17.8 Å². The number of primary amides is 1. The number of amides is 3. The van der Waals surface area contributed by atoms with Gasteiger partial charge >= 0.3 is 12.0 Å². The average Bonchev–Trinajstić information content (AvgIpc) is 2.82. The van der Waals surface area contributed by atoms with Gasteiger partial charge in [-0.3, -0.25) is 9.59 Å². The summed E-state index contributed by atoms with van der Waals surface area (Å²) in [7, 11) is 0. The van der Waals surface area contributed by atoms with Gasteiger partial charge in [0.05, 0.1) is 5.92 Å². The van der Waals surface area contributed by atoms with Crippen molar-refractivity contribution in [3.8, 4) is 0 Å². The molecule has 0 saturated heterocycles. The maximum Gasteiger partial charge on any atom is 0.312 e. The van der Waals surface area contributed by atoms with Crippen molar-refractivity contribution in [3.05, 3.63) is 0 Å². The highest BCUT2D eigenvalue weighted by molar-refractivity contribution is 5.86. The normalized spacial score (nSPS) is 22.8. The Morgan fingerprint density at radius 1 is 1.29 bits per heavy atom. The lowest BCUT2D eigenvalue weighted by Gasteiger charge is -2.21. The van der Waals surface area contributed by atoms with Gasteiger partial charge in [-0.05, 0) is 31.1 Å². The fraction of sp³-hybridized carbons (Fsp3) is 0.786. The van der Waals surface area contributed by atoms with Gasteiger partial charge in [0.2, 0.25) is 5.91 Å². The Kier molecular flexibility index (Phi) is 6.45. The van der Waals surface area contributed by atoms with Crippen molar-refractivity contribution >= 4 is 17.9 Å². The van der Waals surface area contributed by atoms with E-state index in [1.165, 1.54) is 0 Å². The second kappa shape index (κ2) is 7.85. The molecule has 0 spiro atoms. The molecule has 1 rings (SSSR count). The van der Waals surface area contributed by atoms with Crippen LogP contribution in [0.25, 0.3) is 0 Å². The molecule has 120 valence electrons. The lowest BCUT2D eigenvalue weighted by Crippen LogP contribution is -2.50. The number of nitrogens with one attached hydrogen (secondary N) is 2. The summed E-state index contributed by atoms with van der Waals surface area (Å²) in [4.78, 5) is 34.2. The number of carboxylic acid groups (broad SMARTS) is 1. The third kappa shape index (κ3) is 5.61. The van der Waals surface area contributed by atoms with E-state index in [4.69, 9.17) is 10.8 Å². The van der Waals surface area contributed by atoms with Crippen molar-refractivity contribution in [2.45, 2.75) is 45.6 Å². The highest BCUT2D eigenvalue weighted by Crippen LogP contribution is 2.31. The molecule has 7 heteroatoms. The molecule has 5 N–H and O–H groups in total. The van der Waals surface area contributed by atoms with Crippen LogP contribution in [0.5, 0.6) is 0 Å². The first kappa shape index (κ1) is 17.3. The number of rotatable bonds is 7. The van der Waals surface area contributed by atoms with Gasteiger partial charge in [0.15, 0.2) is 0 Å². The molecule has 0 aromatic rings. The average molecular weight is 299 g/mol. The molecule has 0 radical (unpaired) electrons. The van der Waals surface area contributed by atoms with Crippen LogP contribution in [0.1, 0.15) is 39.5 Å². The zero-order valence-corrected chi connectivity index (χ0v) is 12.6. The number of hydrogen-bond donors (Lipinski definition) is 4. The van der Waals surface area contributed by atoms with Crippen molar-refractivity contribution in [1.29, 1.82) is 0 Å². The van der Waals surface area contributed by atoms with Crippen LogP contribution in [0.15, 0.2) is 0 Å². The topological polar surface area (TPSA) is 122 Å². The van der Waals surface area contributed by atoms with E-state index in [9.17, 15) is 14.4 Å². The Bertz CT molecular complexity index is 398. The minimum Gasteiger partial charge on any atom is -0.481 e. The standard InChI is InChI=1S/C14H25N3O4/c1-8(2)6-11(17-14(15)21)12(18)16-7-9-4-3-5-10(9)13(19)20/h8-11H,3-7H2,1-2H3,(H,16,18)(H,19,20)(H3,15,17,21). The minimum atomic E-state index is -0.805. The first-order chi connectivity index (χ1) is 9.81. The van der Waals surface area contributed by atoms with Crippen molar-refractivity contribution in [1.82, 2.24) is 10.6 Å². The number of urea groups is 1. The van der Waals surface area contributed by atoms with Crippen molar-refractivity contribution in [2.24, 2.45) is 23.5 Å². The van der Waals surface area contributed by atoms with Gasteiger partial charge in [-0.15, -0.1) is 0 Å². The molecule has 3 amide bonds. The molecule has 1 aliphatic rings. The number of aliphatic carboxylic acids is 1. The molecule has 7 nitrogen and oxygen atoms in total. The minimum absolute atomic E-state index is 0.0419. The molecule has 3 atom stereocenters. The van der Waals surface area contributed by atoms with Crippen LogP contribution in [0.2, 0.25) is 0 Å². The molecule has 0 aromatic heterocycles. The highest BCUT2D eigenvalue weighted by atomic mass is 16.4. The molecule has 1 saturated carbocycles. The number of carbonyl (C=O) groups is 3. The van der Waals surface area contributed by atoms with Gasteiger partial charge in [0.1, 0.15) is 6.04 Å². The number of carbonyl (C=O) groups excluding carboxylic acids is 2. The summed E-state index contributed by atoms with van der Waals surface area (Å²) in [5.74, 6) is -1.32. The first-order valence-corrected chi connectivity index (χ1v) is 7.37. The maximum absolute atomic E-state index is 12.1. The molecule has 0 bridgehead atoms. The molecular weight excluding hydrogens is 274 g/mol. The quantitative estimate of drug-likeness (QED) is 0.552. The monoisotopic (exact) mass is 299 g/mol. The fourth-order valence-electron chi connectivity index (χ4n) is 2.84. The zero-order chi connectivity index (χ0) is 16.0. The van der Waals surface area contributed by atoms with Crippen LogP contribution >= 0.6 is 0 Å². The van der Waals surface area contributed by atoms with E-state index in [0.29, 0.717) is 19.4 Å². The molecule has 1 fully saturated rings. The summed E-state index contributed by atoms with van der Waals surface area (Å²) in [5, 5.41) is 14.3. The third-order valence-corrected chi connectivity index (χ3v) is 3.85. The van der Waals surface area contributed by atoms with Crippen molar-refractivity contribution < 1.29 is 19.5 Å². The number of hydrogen-bond acceptors (Lipinski definition) is 3. The maximum atomic E-state index is 12.1. The summed E-state index contributed by atoms with van der Waals surface area (Å²) < 4.78 is 0. The predicted molar refractivity (Wildman–Crippen MR) is 77.4 cm³/mol. The summed E-state index contributed by atoms with van der Waals surface area (Å²) in [6.45, 7) is 4.21. The first-order valence-electron chi connectivity index (χ1n) is 7.37. The Morgan fingerprint density at radius 2 is 1.95 bits per heavy atom. The predicted octanol–water partition coefficient (Wildman–Crippen LogP) is 0.687. The smallest absolute Gasteiger partial charge is 0.312 e. The molecular formula is C14H25N3O4. The fourth-order valence-corrected chi connectivity index (χ4v) is 2.84. The van der Waals surface area contributed by atoms with E-state index in [-0.39, 0.29) is 17.7 Å². The van der Waals surface area contributed by atoms with Gasteiger partial charge in [-0.25, -0.2) is 4.79 Å². The molecule has 0 heterocycles. The molecule has 3 unspecified atom stereocenters. The third-order valence-electron chi connectivity index (χ3n) is 3.85. The van der Waals surface area contributed by atoms with Gasteiger partial charge in [0.25, 0.3) is 0 Å². The molecule has 21 heavy (non-hydrogen) atoms. The van der Waals surface area contributed by atoms with E-state index >= 15 is 0 Å².